The first kappa shape index (κ1) is 16.1. The average molecular weight is 420 g/mol. The molecular weight excluding hydrogens is 406 g/mol. The van der Waals surface area contributed by atoms with E-state index in [0.717, 1.165) is 32.8 Å². The Hall–Kier alpha value is -3.13. The smallest absolute Gasteiger partial charge is 0.234 e. The number of aryl methyl sites for hydroxylation is 2. The van der Waals surface area contributed by atoms with Crippen LogP contribution in [0.4, 0.5) is 0 Å². The molecule has 0 amide bonds. The number of hydrogen-bond donors (Lipinski definition) is 0. The van der Waals surface area contributed by atoms with Gasteiger partial charge < -0.3 is 0 Å². The zero-order valence-electron chi connectivity index (χ0n) is 14.6. The molecular formula is C19H14BrN7. The Balaban J connectivity index is 1.64. The molecule has 0 aliphatic heterocycles. The van der Waals surface area contributed by atoms with Gasteiger partial charge in [0.05, 0.1) is 17.1 Å². The molecule has 5 aromatic rings. The Morgan fingerprint density at radius 2 is 1.78 bits per heavy atom. The summed E-state index contributed by atoms with van der Waals surface area (Å²) in [5.41, 5.74) is 5.04. The van der Waals surface area contributed by atoms with E-state index in [1.165, 1.54) is 0 Å². The van der Waals surface area contributed by atoms with E-state index in [9.17, 15) is 0 Å². The summed E-state index contributed by atoms with van der Waals surface area (Å²) in [6, 6.07) is 9.88. The maximum atomic E-state index is 4.67. The van der Waals surface area contributed by atoms with Gasteiger partial charge in [0.1, 0.15) is 5.69 Å². The first-order valence-electron chi connectivity index (χ1n) is 8.40. The van der Waals surface area contributed by atoms with Gasteiger partial charge in [-0.05, 0) is 26.0 Å². The van der Waals surface area contributed by atoms with E-state index >= 15 is 0 Å². The van der Waals surface area contributed by atoms with Gasteiger partial charge in [0, 0.05) is 28.6 Å². The van der Waals surface area contributed by atoms with Crippen LogP contribution in [0.3, 0.4) is 0 Å². The van der Waals surface area contributed by atoms with Crippen LogP contribution in [0.15, 0.2) is 53.4 Å². The molecule has 0 spiro atoms. The number of rotatable bonds is 2. The third-order valence-electron chi connectivity index (χ3n) is 4.42. The molecule has 4 aromatic heterocycles. The monoisotopic (exact) mass is 419 g/mol. The Morgan fingerprint density at radius 1 is 0.963 bits per heavy atom. The van der Waals surface area contributed by atoms with Gasteiger partial charge in [-0.2, -0.15) is 0 Å². The first-order valence-corrected chi connectivity index (χ1v) is 9.19. The van der Waals surface area contributed by atoms with Crippen molar-refractivity contribution >= 4 is 27.4 Å². The molecule has 132 valence electrons. The van der Waals surface area contributed by atoms with Crippen LogP contribution in [0.2, 0.25) is 0 Å². The fourth-order valence-corrected chi connectivity index (χ4v) is 3.49. The summed E-state index contributed by atoms with van der Waals surface area (Å²) in [6.07, 6.45) is 5.67. The number of nitrogens with zero attached hydrogens (tertiary/aromatic N) is 7. The van der Waals surface area contributed by atoms with Gasteiger partial charge in [0.15, 0.2) is 5.65 Å². The van der Waals surface area contributed by atoms with E-state index in [1.54, 1.807) is 10.7 Å². The van der Waals surface area contributed by atoms with Crippen molar-refractivity contribution in [2.24, 2.45) is 0 Å². The van der Waals surface area contributed by atoms with Crippen LogP contribution in [0, 0.1) is 13.8 Å². The van der Waals surface area contributed by atoms with Crippen LogP contribution in [0.25, 0.3) is 34.2 Å². The lowest BCUT2D eigenvalue weighted by Crippen LogP contribution is -1.97. The minimum atomic E-state index is 0.558. The van der Waals surface area contributed by atoms with Gasteiger partial charge in [-0.25, -0.2) is 19.5 Å². The van der Waals surface area contributed by atoms with E-state index in [-0.39, 0.29) is 0 Å². The molecule has 0 unspecified atom stereocenters. The van der Waals surface area contributed by atoms with Gasteiger partial charge in [0.25, 0.3) is 0 Å². The fraction of sp³-hybridized carbons (Fsp3) is 0.105. The highest BCUT2D eigenvalue weighted by Crippen LogP contribution is 2.27. The van der Waals surface area contributed by atoms with Crippen LogP contribution in [-0.2, 0) is 0 Å². The normalized spacial score (nSPS) is 11.5. The average Bonchev–Trinajstić information content (AvgIpc) is 3.29. The molecule has 8 heteroatoms. The largest absolute Gasteiger partial charge is 0.290 e. The van der Waals surface area contributed by atoms with Crippen molar-refractivity contribution in [3.63, 3.8) is 0 Å². The van der Waals surface area contributed by atoms with E-state index in [0.29, 0.717) is 17.3 Å². The molecule has 0 N–H and O–H groups in total. The van der Waals surface area contributed by atoms with Crippen molar-refractivity contribution in [2.75, 3.05) is 0 Å². The Bertz CT molecular complexity index is 1280. The molecule has 0 radical (unpaired) electrons. The SMILES string of the molecule is Cc1ncc(C)n2nc(-c3ccn4cc(-c5ccccc5Br)nc4n3)nc12. The summed E-state index contributed by atoms with van der Waals surface area (Å²) in [7, 11) is 0. The van der Waals surface area contributed by atoms with Gasteiger partial charge in [-0.1, -0.05) is 34.1 Å². The minimum Gasteiger partial charge on any atom is -0.290 e. The van der Waals surface area contributed by atoms with Crippen LogP contribution in [0.1, 0.15) is 11.4 Å². The number of hydrogen-bond acceptors (Lipinski definition) is 5. The molecule has 0 saturated carbocycles. The van der Waals surface area contributed by atoms with Crippen molar-refractivity contribution in [3.05, 3.63) is 64.8 Å². The zero-order valence-corrected chi connectivity index (χ0v) is 16.2. The van der Waals surface area contributed by atoms with E-state index in [2.05, 4.69) is 41.0 Å². The van der Waals surface area contributed by atoms with Gasteiger partial charge in [-0.15, -0.1) is 5.10 Å². The summed E-state index contributed by atoms with van der Waals surface area (Å²) in [5, 5.41) is 4.59. The molecule has 4 heterocycles. The van der Waals surface area contributed by atoms with Crippen molar-refractivity contribution in [1.29, 1.82) is 0 Å². The number of benzene rings is 1. The highest BCUT2D eigenvalue weighted by Gasteiger charge is 2.14. The van der Waals surface area contributed by atoms with Crippen LogP contribution < -0.4 is 0 Å². The van der Waals surface area contributed by atoms with Gasteiger partial charge in [-0.3, -0.25) is 9.38 Å². The molecule has 7 nitrogen and oxygen atoms in total. The summed E-state index contributed by atoms with van der Waals surface area (Å²) in [6.45, 7) is 3.87. The lowest BCUT2D eigenvalue weighted by molar-refractivity contribution is 0.889. The minimum absolute atomic E-state index is 0.558. The predicted molar refractivity (Wildman–Crippen MR) is 105 cm³/mol. The van der Waals surface area contributed by atoms with Gasteiger partial charge >= 0.3 is 0 Å². The van der Waals surface area contributed by atoms with E-state index in [1.807, 2.05) is 61.0 Å². The second-order valence-electron chi connectivity index (χ2n) is 6.28. The van der Waals surface area contributed by atoms with Crippen molar-refractivity contribution in [1.82, 2.24) is 34.0 Å². The number of fused-ring (bicyclic) bond motifs is 2. The molecule has 27 heavy (non-hydrogen) atoms. The summed E-state index contributed by atoms with van der Waals surface area (Å²) in [5.74, 6) is 1.16. The fourth-order valence-electron chi connectivity index (χ4n) is 3.00. The second-order valence-corrected chi connectivity index (χ2v) is 7.14. The third kappa shape index (κ3) is 2.60. The summed E-state index contributed by atoms with van der Waals surface area (Å²) < 4.78 is 4.68. The molecule has 0 aliphatic carbocycles. The molecule has 5 rings (SSSR count). The van der Waals surface area contributed by atoms with Crippen LogP contribution in [0.5, 0.6) is 0 Å². The molecule has 0 fully saturated rings. The summed E-state index contributed by atoms with van der Waals surface area (Å²) >= 11 is 3.58. The first-order chi connectivity index (χ1) is 13.1. The summed E-state index contributed by atoms with van der Waals surface area (Å²) in [4.78, 5) is 18.3. The Morgan fingerprint density at radius 3 is 2.59 bits per heavy atom. The number of aromatic nitrogens is 7. The quantitative estimate of drug-likeness (QED) is 0.434. The van der Waals surface area contributed by atoms with E-state index in [4.69, 9.17) is 0 Å². The Kier molecular flexibility index (Phi) is 3.54. The topological polar surface area (TPSA) is 73.3 Å². The molecule has 0 saturated heterocycles. The molecule has 0 bridgehead atoms. The van der Waals surface area contributed by atoms with E-state index < -0.39 is 0 Å². The van der Waals surface area contributed by atoms with Crippen LogP contribution in [-0.4, -0.2) is 34.0 Å². The number of halogens is 1. The maximum Gasteiger partial charge on any atom is 0.234 e. The maximum absolute atomic E-state index is 4.67. The van der Waals surface area contributed by atoms with Crippen LogP contribution >= 0.6 is 15.9 Å². The Labute approximate surface area is 162 Å². The molecule has 1 aromatic carbocycles. The van der Waals surface area contributed by atoms with Crippen molar-refractivity contribution < 1.29 is 0 Å². The highest BCUT2D eigenvalue weighted by molar-refractivity contribution is 9.10. The molecule has 0 aliphatic rings. The number of imidazole rings is 1. The second kappa shape index (κ2) is 5.95. The van der Waals surface area contributed by atoms with Crippen molar-refractivity contribution in [2.45, 2.75) is 13.8 Å². The zero-order chi connectivity index (χ0) is 18.5. The van der Waals surface area contributed by atoms with Crippen molar-refractivity contribution in [3.8, 4) is 22.8 Å². The third-order valence-corrected chi connectivity index (χ3v) is 5.11. The van der Waals surface area contributed by atoms with Gasteiger partial charge in [0.2, 0.25) is 11.6 Å². The molecule has 0 atom stereocenters. The standard InChI is InChI=1S/C19H14BrN7/c1-11-9-21-12(2)18-24-17(25-27(11)18)15-7-8-26-10-16(23-19(26)22-15)13-5-3-4-6-14(13)20/h3-10H,1-2H3. The predicted octanol–water partition coefficient (Wildman–Crippen LogP) is 3.88. The lowest BCUT2D eigenvalue weighted by Gasteiger charge is -1.98. The lowest BCUT2D eigenvalue weighted by atomic mass is 10.2. The highest BCUT2D eigenvalue weighted by atomic mass is 79.9.